The minimum atomic E-state index is -0.864. The summed E-state index contributed by atoms with van der Waals surface area (Å²) in [6.45, 7) is 3.32. The third-order valence-corrected chi connectivity index (χ3v) is 3.49. The Bertz CT molecular complexity index is 450. The lowest BCUT2D eigenvalue weighted by molar-refractivity contribution is -0.385. The van der Waals surface area contributed by atoms with Crippen molar-refractivity contribution in [2.45, 2.75) is 18.9 Å². The monoisotopic (exact) mass is 256 g/mol. The lowest BCUT2D eigenvalue weighted by Gasteiger charge is -2.06. The van der Waals surface area contributed by atoms with Gasteiger partial charge in [-0.3, -0.25) is 14.9 Å². The van der Waals surface area contributed by atoms with Crippen molar-refractivity contribution in [1.82, 2.24) is 4.98 Å². The molecule has 0 amide bonds. The fourth-order valence-corrected chi connectivity index (χ4v) is 2.04. The molecule has 0 aliphatic heterocycles. The Balaban J connectivity index is 2.73. The van der Waals surface area contributed by atoms with Gasteiger partial charge in [0.1, 0.15) is 6.20 Å². The average Bonchev–Trinajstić information content (AvgIpc) is 2.26. The molecule has 6 nitrogen and oxygen atoms in total. The van der Waals surface area contributed by atoms with Crippen LogP contribution in [0.1, 0.15) is 12.5 Å². The summed E-state index contributed by atoms with van der Waals surface area (Å²) in [6.07, 6.45) is 1.18. The van der Waals surface area contributed by atoms with Crippen LogP contribution in [0.4, 0.5) is 5.69 Å². The maximum atomic E-state index is 10.6. The minimum absolute atomic E-state index is 0.0573. The average molecular weight is 256 g/mol. The Labute approximate surface area is 102 Å². The number of carboxylic acid groups (broad SMARTS) is 1. The zero-order valence-corrected chi connectivity index (χ0v) is 10.2. The molecule has 17 heavy (non-hydrogen) atoms. The SMILES string of the molecule is Cc1cc([N+](=O)[O-])cnc1SCC(C)C(=O)O. The molecule has 1 atom stereocenters. The topological polar surface area (TPSA) is 93.3 Å². The molecule has 1 aromatic rings. The third-order valence-electron chi connectivity index (χ3n) is 2.12. The number of pyridine rings is 1. The van der Waals surface area contributed by atoms with E-state index < -0.39 is 16.8 Å². The first-order valence-electron chi connectivity index (χ1n) is 4.88. The van der Waals surface area contributed by atoms with Gasteiger partial charge in [-0.2, -0.15) is 0 Å². The van der Waals surface area contributed by atoms with Gasteiger partial charge in [0.15, 0.2) is 0 Å². The van der Waals surface area contributed by atoms with Crippen molar-refractivity contribution < 1.29 is 14.8 Å². The number of hydrogen-bond donors (Lipinski definition) is 1. The summed E-state index contributed by atoms with van der Waals surface area (Å²) in [4.78, 5) is 24.6. The summed E-state index contributed by atoms with van der Waals surface area (Å²) in [5, 5.41) is 19.9. The van der Waals surface area contributed by atoms with Gasteiger partial charge in [0.25, 0.3) is 5.69 Å². The summed E-state index contributed by atoms with van der Waals surface area (Å²) in [5.41, 5.74) is 0.625. The number of aromatic nitrogens is 1. The lowest BCUT2D eigenvalue weighted by atomic mass is 10.2. The Morgan fingerprint density at radius 1 is 1.71 bits per heavy atom. The smallest absolute Gasteiger partial charge is 0.307 e. The van der Waals surface area contributed by atoms with Crippen LogP contribution in [-0.4, -0.2) is 26.7 Å². The van der Waals surface area contributed by atoms with Crippen LogP contribution in [0.5, 0.6) is 0 Å². The van der Waals surface area contributed by atoms with Crippen molar-refractivity contribution in [3.8, 4) is 0 Å². The molecular formula is C10H12N2O4S. The molecule has 0 bridgehead atoms. The number of aryl methyl sites for hydroxylation is 1. The Morgan fingerprint density at radius 2 is 2.35 bits per heavy atom. The van der Waals surface area contributed by atoms with E-state index in [9.17, 15) is 14.9 Å². The molecule has 1 aromatic heterocycles. The number of aliphatic carboxylic acids is 1. The lowest BCUT2D eigenvalue weighted by Crippen LogP contribution is -2.11. The van der Waals surface area contributed by atoms with Crippen molar-refractivity contribution in [2.24, 2.45) is 5.92 Å². The van der Waals surface area contributed by atoms with E-state index in [1.807, 2.05) is 0 Å². The molecule has 1 N–H and O–H groups in total. The maximum absolute atomic E-state index is 10.6. The van der Waals surface area contributed by atoms with Gasteiger partial charge in [-0.05, 0) is 12.5 Å². The highest BCUT2D eigenvalue weighted by Gasteiger charge is 2.14. The van der Waals surface area contributed by atoms with E-state index in [1.165, 1.54) is 24.0 Å². The van der Waals surface area contributed by atoms with Crippen molar-refractivity contribution >= 4 is 23.4 Å². The molecule has 0 aliphatic rings. The van der Waals surface area contributed by atoms with E-state index >= 15 is 0 Å². The van der Waals surface area contributed by atoms with Gasteiger partial charge in [-0.15, -0.1) is 11.8 Å². The fourth-order valence-electron chi connectivity index (χ4n) is 1.07. The Kier molecular flexibility index (Phi) is 4.45. The van der Waals surface area contributed by atoms with Crippen molar-refractivity contribution in [2.75, 3.05) is 5.75 Å². The zero-order valence-electron chi connectivity index (χ0n) is 9.41. The van der Waals surface area contributed by atoms with Gasteiger partial charge in [0, 0.05) is 11.8 Å². The van der Waals surface area contributed by atoms with Gasteiger partial charge in [0.2, 0.25) is 0 Å². The number of hydrogen-bond acceptors (Lipinski definition) is 5. The molecule has 0 saturated heterocycles. The third kappa shape index (κ3) is 3.70. The van der Waals surface area contributed by atoms with E-state index in [4.69, 9.17) is 5.11 Å². The molecule has 0 saturated carbocycles. The standard InChI is InChI=1S/C10H12N2O4S/c1-6-3-8(12(15)16)4-11-9(6)17-5-7(2)10(13)14/h3-4,7H,5H2,1-2H3,(H,13,14). The summed E-state index contributed by atoms with van der Waals surface area (Å²) in [6, 6.07) is 1.43. The highest BCUT2D eigenvalue weighted by Crippen LogP contribution is 2.24. The number of carbonyl (C=O) groups is 1. The molecule has 1 heterocycles. The van der Waals surface area contributed by atoms with Crippen LogP contribution in [0.15, 0.2) is 17.3 Å². The quantitative estimate of drug-likeness (QED) is 0.492. The van der Waals surface area contributed by atoms with E-state index in [0.717, 1.165) is 0 Å². The highest BCUT2D eigenvalue weighted by atomic mass is 32.2. The largest absolute Gasteiger partial charge is 0.481 e. The van der Waals surface area contributed by atoms with Crippen LogP contribution in [0.25, 0.3) is 0 Å². The fraction of sp³-hybridized carbons (Fsp3) is 0.400. The van der Waals surface area contributed by atoms with Gasteiger partial charge in [0.05, 0.1) is 15.9 Å². The molecule has 92 valence electrons. The second kappa shape index (κ2) is 5.62. The Hall–Kier alpha value is -1.63. The maximum Gasteiger partial charge on any atom is 0.307 e. The van der Waals surface area contributed by atoms with Gasteiger partial charge < -0.3 is 5.11 Å². The predicted molar refractivity (Wildman–Crippen MR) is 63.2 cm³/mol. The molecule has 0 aliphatic carbocycles. The second-order valence-electron chi connectivity index (χ2n) is 3.62. The summed E-state index contributed by atoms with van der Waals surface area (Å²) in [5.74, 6) is -0.950. The number of rotatable bonds is 5. The number of nitrogens with zero attached hydrogens (tertiary/aromatic N) is 2. The van der Waals surface area contributed by atoms with E-state index in [1.54, 1.807) is 13.8 Å². The first kappa shape index (κ1) is 13.4. The molecule has 0 radical (unpaired) electrons. The molecule has 1 unspecified atom stereocenters. The summed E-state index contributed by atoms with van der Waals surface area (Å²) in [7, 11) is 0. The first-order chi connectivity index (χ1) is 7.91. The Morgan fingerprint density at radius 3 is 2.82 bits per heavy atom. The number of nitro groups is 1. The van der Waals surface area contributed by atoms with E-state index in [2.05, 4.69) is 4.98 Å². The molecule has 0 spiro atoms. The molecular weight excluding hydrogens is 244 g/mol. The second-order valence-corrected chi connectivity index (χ2v) is 4.63. The van der Waals surface area contributed by atoms with E-state index in [-0.39, 0.29) is 5.69 Å². The predicted octanol–water partition coefficient (Wildman–Crippen LogP) is 2.11. The summed E-state index contributed by atoms with van der Waals surface area (Å²) < 4.78 is 0. The highest BCUT2D eigenvalue weighted by molar-refractivity contribution is 7.99. The van der Waals surface area contributed by atoms with Crippen molar-refractivity contribution in [3.05, 3.63) is 27.9 Å². The van der Waals surface area contributed by atoms with Crippen LogP contribution < -0.4 is 0 Å². The van der Waals surface area contributed by atoms with Crippen LogP contribution in [0.3, 0.4) is 0 Å². The van der Waals surface area contributed by atoms with Crippen LogP contribution in [-0.2, 0) is 4.79 Å². The normalized spacial score (nSPS) is 12.1. The summed E-state index contributed by atoms with van der Waals surface area (Å²) >= 11 is 1.29. The van der Waals surface area contributed by atoms with Gasteiger partial charge in [-0.25, -0.2) is 4.98 Å². The molecule has 1 rings (SSSR count). The number of thioether (sulfide) groups is 1. The van der Waals surface area contributed by atoms with Crippen molar-refractivity contribution in [3.63, 3.8) is 0 Å². The first-order valence-corrected chi connectivity index (χ1v) is 5.87. The van der Waals surface area contributed by atoms with Gasteiger partial charge in [-0.1, -0.05) is 6.92 Å². The van der Waals surface area contributed by atoms with Crippen molar-refractivity contribution in [1.29, 1.82) is 0 Å². The molecule has 7 heteroatoms. The number of carboxylic acids is 1. The molecule has 0 fully saturated rings. The minimum Gasteiger partial charge on any atom is -0.481 e. The zero-order chi connectivity index (χ0) is 13.0. The van der Waals surface area contributed by atoms with Crippen LogP contribution in [0, 0.1) is 23.0 Å². The molecule has 0 aromatic carbocycles. The van der Waals surface area contributed by atoms with Crippen LogP contribution >= 0.6 is 11.8 Å². The van der Waals surface area contributed by atoms with Crippen LogP contribution in [0.2, 0.25) is 0 Å². The van der Waals surface area contributed by atoms with Gasteiger partial charge >= 0.3 is 5.97 Å². The van der Waals surface area contributed by atoms with E-state index in [0.29, 0.717) is 16.3 Å².